The number of aliphatic carboxylic acids is 1. The monoisotopic (exact) mass is 669 g/mol. The van der Waals surface area contributed by atoms with E-state index in [0.29, 0.717) is 5.01 Å². The Kier molecular flexibility index (Phi) is 9.57. The van der Waals surface area contributed by atoms with Crippen molar-refractivity contribution >= 4 is 29.1 Å². The van der Waals surface area contributed by atoms with Gasteiger partial charge in [-0.05, 0) is 44.9 Å². The third-order valence-electron chi connectivity index (χ3n) is 8.68. The number of amidine groups is 1. The van der Waals surface area contributed by atoms with Gasteiger partial charge in [0, 0.05) is 30.9 Å². The molecule has 3 aliphatic rings. The summed E-state index contributed by atoms with van der Waals surface area (Å²) in [6.07, 6.45) is 0.574. The molecular formula is C30H35F4N5O6S. The lowest BCUT2D eigenvalue weighted by Gasteiger charge is -2.34. The number of methoxy groups -OCH3 is 1. The molecule has 5 rings (SSSR count). The number of esters is 1. The fraction of sp³-hybridized carbons (Fsp3) is 0.533. The standard InChI is InChI=1S/C30H35F4N5O6S/c1-6-44-27(40)21-18(36-25(26-35-9-10-46-26)37-23(21)16-7-8-17(31)22(32)15(16)2)11-38-14-30(33,34)24-19(38)13-45-39(24)12-20(43-5)29(3,4)28(41)42/h7-10,19-20,23-24H,6,11-14H2,1-5H3,(H,36,37)(H,41,42)/t19-,20+,23-,24+/m1/s1. The van der Waals surface area contributed by atoms with Crippen molar-refractivity contribution in [1.29, 1.82) is 0 Å². The molecule has 46 heavy (non-hydrogen) atoms. The summed E-state index contributed by atoms with van der Waals surface area (Å²) in [5.74, 6) is -7.20. The number of likely N-dealkylation sites (tertiary alicyclic amines) is 1. The number of nitrogens with zero attached hydrogens (tertiary/aromatic N) is 4. The number of carboxylic acid groups (broad SMARTS) is 1. The number of ether oxygens (including phenoxy) is 2. The topological polar surface area (TPSA) is 126 Å². The number of aromatic nitrogens is 1. The highest BCUT2D eigenvalue weighted by atomic mass is 32.1. The van der Waals surface area contributed by atoms with Crippen molar-refractivity contribution in [2.24, 2.45) is 10.4 Å². The smallest absolute Gasteiger partial charge is 0.338 e. The van der Waals surface area contributed by atoms with Crippen LogP contribution in [0.1, 0.15) is 42.9 Å². The number of thiazole rings is 1. The zero-order valence-electron chi connectivity index (χ0n) is 25.9. The molecule has 2 aromatic rings. The minimum Gasteiger partial charge on any atom is -0.481 e. The zero-order valence-corrected chi connectivity index (χ0v) is 26.7. The summed E-state index contributed by atoms with van der Waals surface area (Å²) in [4.78, 5) is 41.5. The fourth-order valence-corrected chi connectivity index (χ4v) is 6.65. The third-order valence-corrected chi connectivity index (χ3v) is 9.46. The Hall–Kier alpha value is -3.44. The second-order valence-corrected chi connectivity index (χ2v) is 12.8. The highest BCUT2D eigenvalue weighted by Crippen LogP contribution is 2.43. The molecule has 0 unspecified atom stereocenters. The summed E-state index contributed by atoms with van der Waals surface area (Å²) in [6, 6.07) is -1.20. The lowest BCUT2D eigenvalue weighted by Crippen LogP contribution is -2.51. The van der Waals surface area contributed by atoms with Gasteiger partial charge in [0.05, 0.1) is 49.4 Å². The van der Waals surface area contributed by atoms with Crippen molar-refractivity contribution in [3.63, 3.8) is 0 Å². The van der Waals surface area contributed by atoms with Crippen LogP contribution in [0.4, 0.5) is 17.6 Å². The molecule has 2 saturated heterocycles. The molecule has 11 nitrogen and oxygen atoms in total. The van der Waals surface area contributed by atoms with E-state index < -0.39 is 65.7 Å². The molecule has 3 aliphatic heterocycles. The summed E-state index contributed by atoms with van der Waals surface area (Å²) in [5.41, 5.74) is -1.12. The molecule has 1 aromatic heterocycles. The Labute approximate surface area is 266 Å². The van der Waals surface area contributed by atoms with Gasteiger partial charge in [-0.1, -0.05) is 6.07 Å². The predicted molar refractivity (Wildman–Crippen MR) is 158 cm³/mol. The molecule has 0 radical (unpaired) electrons. The number of aliphatic imine (C=N–C) groups is 1. The quantitative estimate of drug-likeness (QED) is 0.270. The van der Waals surface area contributed by atoms with E-state index in [4.69, 9.17) is 14.3 Å². The molecule has 0 spiro atoms. The average molecular weight is 670 g/mol. The number of nitrogens with one attached hydrogen (secondary N) is 1. The lowest BCUT2D eigenvalue weighted by atomic mass is 9.86. The molecule has 2 N–H and O–H groups in total. The van der Waals surface area contributed by atoms with Gasteiger partial charge in [0.15, 0.2) is 22.5 Å². The van der Waals surface area contributed by atoms with E-state index >= 15 is 8.78 Å². The van der Waals surface area contributed by atoms with Gasteiger partial charge in [-0.2, -0.15) is 5.06 Å². The second kappa shape index (κ2) is 13.0. The number of hydrogen-bond acceptors (Lipinski definition) is 11. The summed E-state index contributed by atoms with van der Waals surface area (Å²) < 4.78 is 71.2. The number of halogens is 4. The van der Waals surface area contributed by atoms with Gasteiger partial charge < -0.3 is 19.9 Å². The Morgan fingerprint density at radius 3 is 2.67 bits per heavy atom. The maximum Gasteiger partial charge on any atom is 0.338 e. The Morgan fingerprint density at radius 2 is 2.04 bits per heavy atom. The van der Waals surface area contributed by atoms with Crippen LogP contribution in [0.25, 0.3) is 0 Å². The third kappa shape index (κ3) is 6.15. The first-order valence-electron chi connectivity index (χ1n) is 14.6. The van der Waals surface area contributed by atoms with Gasteiger partial charge in [-0.25, -0.2) is 27.3 Å². The maximum absolute atomic E-state index is 15.8. The van der Waals surface area contributed by atoms with E-state index in [0.717, 1.165) is 11.1 Å². The fourth-order valence-electron chi connectivity index (χ4n) is 6.06. The molecule has 0 bridgehead atoms. The molecule has 0 aliphatic carbocycles. The summed E-state index contributed by atoms with van der Waals surface area (Å²) >= 11 is 1.24. The van der Waals surface area contributed by atoms with Crippen LogP contribution in [0.2, 0.25) is 0 Å². The number of hydroxylamine groups is 2. The van der Waals surface area contributed by atoms with Crippen LogP contribution in [0, 0.1) is 24.0 Å². The van der Waals surface area contributed by atoms with E-state index in [1.165, 1.54) is 50.2 Å². The Bertz CT molecular complexity index is 1550. The average Bonchev–Trinajstić information content (AvgIpc) is 3.73. The van der Waals surface area contributed by atoms with Crippen molar-refractivity contribution in [2.75, 3.05) is 40.0 Å². The molecule has 0 amide bonds. The Morgan fingerprint density at radius 1 is 1.30 bits per heavy atom. The minimum atomic E-state index is -3.30. The zero-order chi connectivity index (χ0) is 33.6. The van der Waals surface area contributed by atoms with Crippen molar-refractivity contribution in [3.8, 4) is 0 Å². The molecule has 0 saturated carbocycles. The van der Waals surface area contributed by atoms with Gasteiger partial charge >= 0.3 is 11.9 Å². The maximum atomic E-state index is 15.8. The number of rotatable bonds is 11. The van der Waals surface area contributed by atoms with Gasteiger partial charge in [-0.15, -0.1) is 11.3 Å². The second-order valence-electron chi connectivity index (χ2n) is 11.9. The first-order chi connectivity index (χ1) is 21.7. The van der Waals surface area contributed by atoms with Crippen LogP contribution in [-0.2, 0) is 23.9 Å². The molecule has 250 valence electrons. The van der Waals surface area contributed by atoms with Crippen LogP contribution in [0.5, 0.6) is 0 Å². The van der Waals surface area contributed by atoms with Crippen molar-refractivity contribution in [2.45, 2.75) is 57.8 Å². The predicted octanol–water partition coefficient (Wildman–Crippen LogP) is 3.70. The van der Waals surface area contributed by atoms with E-state index in [2.05, 4.69) is 15.3 Å². The van der Waals surface area contributed by atoms with Crippen LogP contribution in [0.15, 0.2) is 40.0 Å². The normalized spacial score (nSPS) is 24.0. The van der Waals surface area contributed by atoms with Crippen LogP contribution in [0.3, 0.4) is 0 Å². The van der Waals surface area contributed by atoms with E-state index in [1.54, 1.807) is 18.5 Å². The molecule has 4 atom stereocenters. The Balaban J connectivity index is 1.53. The van der Waals surface area contributed by atoms with Crippen LogP contribution in [-0.4, -0.2) is 102 Å². The number of benzene rings is 1. The molecule has 2 fully saturated rings. The number of fused-ring (bicyclic) bond motifs is 1. The molecule has 1 aromatic carbocycles. The van der Waals surface area contributed by atoms with Crippen molar-refractivity contribution in [1.82, 2.24) is 20.3 Å². The first-order valence-corrected chi connectivity index (χ1v) is 15.5. The SMILES string of the molecule is CCOC(=O)C1=C(CN2CC(F)(F)[C@@H]3[C@H]2CON3C[C@H](OC)C(C)(C)C(=O)O)NC(c2nccs2)=N[C@@H]1c1ccc(F)c(F)c1C. The van der Waals surface area contributed by atoms with E-state index in [1.807, 2.05) is 0 Å². The number of alkyl halides is 2. The molecule has 16 heteroatoms. The van der Waals surface area contributed by atoms with Gasteiger partial charge in [-0.3, -0.25) is 19.5 Å². The van der Waals surface area contributed by atoms with Gasteiger partial charge in [0.25, 0.3) is 5.92 Å². The van der Waals surface area contributed by atoms with Crippen molar-refractivity contribution in [3.05, 3.63) is 62.7 Å². The number of hydrogen-bond donors (Lipinski definition) is 2. The van der Waals surface area contributed by atoms with Gasteiger partial charge in [0.2, 0.25) is 0 Å². The minimum absolute atomic E-state index is 0.00914. The summed E-state index contributed by atoms with van der Waals surface area (Å²) in [6.45, 7) is 4.57. The summed E-state index contributed by atoms with van der Waals surface area (Å²) in [7, 11) is 1.31. The van der Waals surface area contributed by atoms with Crippen LogP contribution < -0.4 is 5.32 Å². The highest BCUT2D eigenvalue weighted by molar-refractivity contribution is 7.11. The molecule has 4 heterocycles. The first kappa shape index (κ1) is 33.9. The van der Waals surface area contributed by atoms with E-state index in [-0.39, 0.29) is 54.5 Å². The number of carboxylic acids is 1. The van der Waals surface area contributed by atoms with Crippen molar-refractivity contribution < 1.29 is 46.6 Å². The number of carbonyl (C=O) groups excluding carboxylic acids is 1. The number of carbonyl (C=O) groups is 2. The summed E-state index contributed by atoms with van der Waals surface area (Å²) in [5, 5.41) is 16.0. The van der Waals surface area contributed by atoms with Crippen LogP contribution >= 0.6 is 11.3 Å². The van der Waals surface area contributed by atoms with E-state index in [9.17, 15) is 23.5 Å². The largest absolute Gasteiger partial charge is 0.481 e. The van der Waals surface area contributed by atoms with Gasteiger partial charge in [0.1, 0.15) is 12.1 Å². The molecular weight excluding hydrogens is 634 g/mol. The highest BCUT2D eigenvalue weighted by Gasteiger charge is 2.61. The lowest BCUT2D eigenvalue weighted by molar-refractivity contribution is -0.205.